The number of para-hydroxylation sites is 2. The fraction of sp³-hybridized carbons (Fsp3) is 0.0714. The molecule has 0 aliphatic heterocycles. The minimum Gasteiger partial charge on any atom is -0.455 e. The number of nitrogens with zero attached hydrogens (tertiary/aromatic N) is 2. The van der Waals surface area contributed by atoms with Crippen LogP contribution in [0.25, 0.3) is 89.2 Å². The van der Waals surface area contributed by atoms with Gasteiger partial charge in [-0.1, -0.05) is 172 Å². The van der Waals surface area contributed by atoms with Crippen molar-refractivity contribution in [1.29, 1.82) is 0 Å². The van der Waals surface area contributed by atoms with Crippen LogP contribution in [0.3, 0.4) is 0 Å². The monoisotopic (exact) mass is 752 g/mol. The van der Waals surface area contributed by atoms with Crippen LogP contribution in [-0.4, -0.2) is 9.97 Å². The predicted molar refractivity (Wildman–Crippen MR) is 239 cm³/mol. The van der Waals surface area contributed by atoms with Gasteiger partial charge in [0.15, 0.2) is 5.82 Å². The van der Waals surface area contributed by atoms with Crippen molar-refractivity contribution in [1.82, 2.24) is 9.97 Å². The molecular formula is C56H36N2O. The molecule has 1 spiro atoms. The van der Waals surface area contributed by atoms with Crippen LogP contribution in [-0.2, 0) is 10.8 Å². The predicted octanol–water partition coefficient (Wildman–Crippen LogP) is 14.0. The van der Waals surface area contributed by atoms with Crippen molar-refractivity contribution in [3.05, 3.63) is 215 Å². The van der Waals surface area contributed by atoms with Crippen LogP contribution in [0.15, 0.2) is 186 Å². The number of benzene rings is 8. The molecule has 3 nitrogen and oxygen atoms in total. The van der Waals surface area contributed by atoms with E-state index < -0.39 is 5.41 Å². The van der Waals surface area contributed by atoms with E-state index in [0.717, 1.165) is 50.0 Å². The summed E-state index contributed by atoms with van der Waals surface area (Å²) in [6.45, 7) is 4.66. The van der Waals surface area contributed by atoms with E-state index in [4.69, 9.17) is 14.4 Å². The van der Waals surface area contributed by atoms with Crippen molar-refractivity contribution < 1.29 is 4.42 Å². The Balaban J connectivity index is 1.09. The van der Waals surface area contributed by atoms with E-state index >= 15 is 0 Å². The van der Waals surface area contributed by atoms with Gasteiger partial charge in [-0.3, -0.25) is 0 Å². The highest BCUT2D eigenvalue weighted by molar-refractivity contribution is 6.09. The molecule has 0 N–H and O–H groups in total. The molecule has 3 aliphatic carbocycles. The van der Waals surface area contributed by atoms with Gasteiger partial charge in [0.05, 0.1) is 16.8 Å². The maximum absolute atomic E-state index is 6.64. The minimum absolute atomic E-state index is 0.141. The van der Waals surface area contributed by atoms with Crippen LogP contribution in [0, 0.1) is 0 Å². The highest BCUT2D eigenvalue weighted by atomic mass is 16.3. The van der Waals surface area contributed by atoms with Crippen molar-refractivity contribution >= 4 is 21.9 Å². The summed E-state index contributed by atoms with van der Waals surface area (Å²) in [5.74, 6) is 0.683. The Morgan fingerprint density at radius 3 is 1.61 bits per heavy atom. The Kier molecular flexibility index (Phi) is 6.44. The molecule has 0 fully saturated rings. The van der Waals surface area contributed by atoms with E-state index in [0.29, 0.717) is 5.82 Å². The van der Waals surface area contributed by atoms with Crippen molar-refractivity contribution in [2.45, 2.75) is 24.7 Å². The Hall–Kier alpha value is -7.36. The molecule has 2 aromatic heterocycles. The average Bonchev–Trinajstić information content (AvgIpc) is 3.98. The summed E-state index contributed by atoms with van der Waals surface area (Å²) in [5, 5.41) is 2.17. The van der Waals surface area contributed by atoms with E-state index in [2.05, 4.69) is 184 Å². The number of aromatic nitrogens is 2. The summed E-state index contributed by atoms with van der Waals surface area (Å²) >= 11 is 0. The summed E-state index contributed by atoms with van der Waals surface area (Å²) < 4.78 is 6.64. The number of rotatable bonds is 3. The highest BCUT2D eigenvalue weighted by Crippen LogP contribution is 2.63. The summed E-state index contributed by atoms with van der Waals surface area (Å²) in [5.41, 5.74) is 21.3. The smallest absolute Gasteiger partial charge is 0.160 e. The lowest BCUT2D eigenvalue weighted by molar-refractivity contribution is 0.660. The van der Waals surface area contributed by atoms with Crippen LogP contribution in [0.1, 0.15) is 47.2 Å². The molecule has 59 heavy (non-hydrogen) atoms. The molecule has 3 heteroatoms. The lowest BCUT2D eigenvalue weighted by atomic mass is 9.70. The third-order valence-corrected chi connectivity index (χ3v) is 13.5. The molecule has 0 saturated carbocycles. The number of hydrogen-bond donors (Lipinski definition) is 0. The van der Waals surface area contributed by atoms with E-state index in [1.54, 1.807) is 0 Å². The van der Waals surface area contributed by atoms with Gasteiger partial charge >= 0.3 is 0 Å². The summed E-state index contributed by atoms with van der Waals surface area (Å²) in [4.78, 5) is 11.1. The molecule has 13 rings (SSSR count). The third-order valence-electron chi connectivity index (χ3n) is 13.5. The van der Waals surface area contributed by atoms with Gasteiger partial charge in [-0.25, -0.2) is 9.97 Å². The van der Waals surface area contributed by atoms with Gasteiger partial charge < -0.3 is 4.42 Å². The second kappa shape index (κ2) is 11.6. The van der Waals surface area contributed by atoms with E-state index in [1.807, 2.05) is 12.1 Å². The normalized spacial score (nSPS) is 14.5. The van der Waals surface area contributed by atoms with E-state index in [9.17, 15) is 0 Å². The Morgan fingerprint density at radius 1 is 0.390 bits per heavy atom. The fourth-order valence-corrected chi connectivity index (χ4v) is 11.0. The van der Waals surface area contributed by atoms with Crippen LogP contribution < -0.4 is 0 Å². The van der Waals surface area contributed by atoms with E-state index in [1.165, 1.54) is 66.8 Å². The summed E-state index contributed by atoms with van der Waals surface area (Å²) in [6.07, 6.45) is 0. The zero-order chi connectivity index (χ0) is 39.0. The number of furan rings is 1. The summed E-state index contributed by atoms with van der Waals surface area (Å²) in [7, 11) is 0. The van der Waals surface area contributed by atoms with Gasteiger partial charge in [0, 0.05) is 32.9 Å². The first kappa shape index (κ1) is 32.7. The highest BCUT2D eigenvalue weighted by Gasteiger charge is 2.51. The maximum atomic E-state index is 6.64. The van der Waals surface area contributed by atoms with Crippen molar-refractivity contribution in [3.8, 4) is 67.3 Å². The minimum atomic E-state index is -0.467. The molecule has 0 saturated heterocycles. The molecule has 10 aromatic rings. The first-order valence-corrected chi connectivity index (χ1v) is 20.5. The van der Waals surface area contributed by atoms with Crippen LogP contribution >= 0.6 is 0 Å². The average molecular weight is 753 g/mol. The second-order valence-electron chi connectivity index (χ2n) is 16.8. The molecule has 0 radical (unpaired) electrons. The first-order chi connectivity index (χ1) is 29.0. The van der Waals surface area contributed by atoms with Gasteiger partial charge in [0.2, 0.25) is 0 Å². The van der Waals surface area contributed by atoms with Gasteiger partial charge in [-0.05, 0) is 91.0 Å². The van der Waals surface area contributed by atoms with Crippen LogP contribution in [0.5, 0.6) is 0 Å². The third kappa shape index (κ3) is 4.21. The Bertz CT molecular complexity index is 3380. The van der Waals surface area contributed by atoms with E-state index in [-0.39, 0.29) is 5.41 Å². The number of hydrogen-bond acceptors (Lipinski definition) is 3. The topological polar surface area (TPSA) is 38.9 Å². The van der Waals surface area contributed by atoms with Gasteiger partial charge in [-0.2, -0.15) is 0 Å². The van der Waals surface area contributed by atoms with Gasteiger partial charge in [-0.15, -0.1) is 0 Å². The Morgan fingerprint density at radius 2 is 0.898 bits per heavy atom. The van der Waals surface area contributed by atoms with Gasteiger partial charge in [0.1, 0.15) is 11.2 Å². The lowest BCUT2D eigenvalue weighted by Gasteiger charge is -2.30. The molecule has 0 bridgehead atoms. The van der Waals surface area contributed by atoms with Crippen LogP contribution in [0.4, 0.5) is 0 Å². The lowest BCUT2D eigenvalue weighted by Crippen LogP contribution is -2.25. The SMILES string of the molecule is CC1(C)c2ccccc2-c2c(-c3cc(-c4cccc5c4oc4ccccc45)nc(-c4ccc5c(c4)C4(c6ccccc6-c6ccccc64)c4ccccc4-5)n3)cccc21. The molecule has 0 amide bonds. The molecule has 3 aliphatic rings. The molecule has 276 valence electrons. The van der Waals surface area contributed by atoms with Crippen molar-refractivity contribution in [3.63, 3.8) is 0 Å². The molecule has 0 atom stereocenters. The first-order valence-electron chi connectivity index (χ1n) is 20.5. The zero-order valence-corrected chi connectivity index (χ0v) is 32.6. The maximum Gasteiger partial charge on any atom is 0.160 e. The zero-order valence-electron chi connectivity index (χ0n) is 32.6. The second-order valence-corrected chi connectivity index (χ2v) is 16.8. The van der Waals surface area contributed by atoms with Gasteiger partial charge in [0.25, 0.3) is 0 Å². The quantitative estimate of drug-likeness (QED) is 0.180. The standard InChI is InChI=1S/C56H36N2O/c1-55(2)43-23-8-6-19-40(43)52-41(21-14-27-47(52)55)49-32-50(42-22-13-20-39-38-18-7-12-28-51(38)59-53(39)42)58-54(57-49)33-29-30-37-36-17-5-11-26-46(36)56(48(37)31-33)44-24-9-3-15-34(44)35-16-4-10-25-45(35)56/h3-32H,1-2H3. The molecular weight excluding hydrogens is 717 g/mol. The van der Waals surface area contributed by atoms with Crippen molar-refractivity contribution in [2.24, 2.45) is 0 Å². The summed E-state index contributed by atoms with van der Waals surface area (Å²) in [6, 6.07) is 66.2. The molecule has 8 aromatic carbocycles. The molecule has 2 heterocycles. The Labute approximate surface area is 342 Å². The largest absolute Gasteiger partial charge is 0.455 e. The van der Waals surface area contributed by atoms with Crippen LogP contribution in [0.2, 0.25) is 0 Å². The fourth-order valence-electron chi connectivity index (χ4n) is 11.0. The van der Waals surface area contributed by atoms with Crippen molar-refractivity contribution in [2.75, 3.05) is 0 Å². The number of fused-ring (bicyclic) bond motifs is 16. The molecule has 0 unspecified atom stereocenters.